The highest BCUT2D eigenvalue weighted by molar-refractivity contribution is 6.10. The van der Waals surface area contributed by atoms with Crippen molar-refractivity contribution >= 4 is 18.0 Å². The average molecular weight is 287 g/mol. The molecule has 1 aromatic rings. The Labute approximate surface area is 120 Å². The number of aromatic nitrogens is 2. The molecule has 0 saturated carbocycles. The van der Waals surface area contributed by atoms with E-state index in [-0.39, 0.29) is 17.6 Å². The van der Waals surface area contributed by atoms with Crippen LogP contribution in [0.25, 0.3) is 6.08 Å². The highest BCUT2D eigenvalue weighted by Gasteiger charge is 2.48. The summed E-state index contributed by atoms with van der Waals surface area (Å²) >= 11 is 0. The number of hydrogen-bond acceptors (Lipinski definition) is 4. The Kier molecular flexibility index (Phi) is 2.52. The number of carboxylic acids is 1. The van der Waals surface area contributed by atoms with Gasteiger partial charge in [-0.2, -0.15) is 0 Å². The fraction of sp³-hybridized carbons (Fsp3) is 0.357. The molecular weight excluding hydrogens is 274 g/mol. The van der Waals surface area contributed by atoms with Crippen LogP contribution in [0.15, 0.2) is 23.5 Å². The van der Waals surface area contributed by atoms with Crippen molar-refractivity contribution in [3.8, 4) is 0 Å². The molecule has 1 amide bonds. The molecule has 4 heterocycles. The Morgan fingerprint density at radius 3 is 3.14 bits per heavy atom. The first kappa shape index (κ1) is 12.3. The van der Waals surface area contributed by atoms with Crippen LogP contribution in [-0.4, -0.2) is 44.1 Å². The van der Waals surface area contributed by atoms with Crippen LogP contribution in [0.1, 0.15) is 17.9 Å². The van der Waals surface area contributed by atoms with Crippen molar-refractivity contribution < 1.29 is 19.4 Å². The standard InChI is InChI=1S/C14H13N3O4/c18-13-9(10-1-2-11(14(19)20)17(10)13)5-8-6-16-3-4-21-7-12(16)15-8/h2,5-6,10H,1,3-4,7H2,(H,19,20). The Bertz CT molecular complexity index is 692. The van der Waals surface area contributed by atoms with Gasteiger partial charge in [0.15, 0.2) is 0 Å². The van der Waals surface area contributed by atoms with E-state index in [4.69, 9.17) is 9.84 Å². The number of amides is 1. The summed E-state index contributed by atoms with van der Waals surface area (Å²) in [6.07, 6.45) is 5.81. The van der Waals surface area contributed by atoms with Gasteiger partial charge in [0.1, 0.15) is 18.1 Å². The van der Waals surface area contributed by atoms with E-state index in [0.29, 0.717) is 25.2 Å². The molecule has 1 fully saturated rings. The molecule has 1 aromatic heterocycles. The lowest BCUT2D eigenvalue weighted by Crippen LogP contribution is -2.52. The van der Waals surface area contributed by atoms with Gasteiger partial charge in [-0.3, -0.25) is 9.69 Å². The summed E-state index contributed by atoms with van der Waals surface area (Å²) in [7, 11) is 0. The molecule has 21 heavy (non-hydrogen) atoms. The minimum absolute atomic E-state index is 0.0830. The van der Waals surface area contributed by atoms with Crippen LogP contribution in [0, 0.1) is 0 Å². The smallest absolute Gasteiger partial charge is 0.352 e. The number of fused-ring (bicyclic) bond motifs is 2. The predicted molar refractivity (Wildman–Crippen MR) is 70.8 cm³/mol. The van der Waals surface area contributed by atoms with Crippen LogP contribution in [0.4, 0.5) is 0 Å². The summed E-state index contributed by atoms with van der Waals surface area (Å²) in [5.74, 6) is -0.444. The van der Waals surface area contributed by atoms with Gasteiger partial charge in [0.05, 0.1) is 18.3 Å². The molecule has 0 bridgehead atoms. The average Bonchev–Trinajstić information content (AvgIpc) is 3.05. The van der Waals surface area contributed by atoms with Gasteiger partial charge in [0, 0.05) is 18.3 Å². The van der Waals surface area contributed by atoms with Crippen molar-refractivity contribution in [3.05, 3.63) is 35.1 Å². The first-order valence-corrected chi connectivity index (χ1v) is 6.77. The quantitative estimate of drug-likeness (QED) is 0.628. The first-order chi connectivity index (χ1) is 10.1. The number of aliphatic carboxylic acids is 1. The topological polar surface area (TPSA) is 84.7 Å². The summed E-state index contributed by atoms with van der Waals surface area (Å²) < 4.78 is 7.35. The number of rotatable bonds is 2. The number of carbonyl (C=O) groups is 2. The number of ether oxygens (including phenoxy) is 1. The molecule has 0 aliphatic carbocycles. The van der Waals surface area contributed by atoms with Crippen molar-refractivity contribution in [3.63, 3.8) is 0 Å². The zero-order valence-electron chi connectivity index (χ0n) is 11.2. The fourth-order valence-electron chi connectivity index (χ4n) is 3.02. The molecule has 0 spiro atoms. The van der Waals surface area contributed by atoms with Gasteiger partial charge in [-0.15, -0.1) is 0 Å². The minimum atomic E-state index is -1.06. The lowest BCUT2D eigenvalue weighted by atomic mass is 9.94. The largest absolute Gasteiger partial charge is 0.477 e. The number of carboxylic acid groups (broad SMARTS) is 1. The van der Waals surface area contributed by atoms with Crippen molar-refractivity contribution in [2.24, 2.45) is 0 Å². The number of nitrogens with zero attached hydrogens (tertiary/aromatic N) is 3. The molecule has 0 radical (unpaired) electrons. The van der Waals surface area contributed by atoms with Crippen molar-refractivity contribution in [1.82, 2.24) is 14.5 Å². The normalized spacial score (nSPS) is 25.4. The molecule has 1 unspecified atom stereocenters. The molecule has 4 rings (SSSR count). The molecule has 1 N–H and O–H groups in total. The van der Waals surface area contributed by atoms with Crippen LogP contribution in [-0.2, 0) is 27.5 Å². The second-order valence-corrected chi connectivity index (χ2v) is 5.25. The van der Waals surface area contributed by atoms with E-state index in [1.807, 2.05) is 10.8 Å². The summed E-state index contributed by atoms with van der Waals surface area (Å²) in [5, 5.41) is 9.03. The van der Waals surface area contributed by atoms with E-state index in [0.717, 1.165) is 18.1 Å². The van der Waals surface area contributed by atoms with Gasteiger partial charge in [-0.05, 0) is 12.5 Å². The molecule has 1 atom stereocenters. The molecule has 0 aromatic carbocycles. The van der Waals surface area contributed by atoms with E-state index < -0.39 is 5.97 Å². The third-order valence-electron chi connectivity index (χ3n) is 4.04. The van der Waals surface area contributed by atoms with Crippen molar-refractivity contribution in [2.45, 2.75) is 25.6 Å². The van der Waals surface area contributed by atoms with Gasteiger partial charge in [0.25, 0.3) is 5.91 Å². The zero-order chi connectivity index (χ0) is 14.6. The SMILES string of the molecule is O=C(O)C1=CCC2C(=Cc3cn4c(n3)COCC4)C(=O)N12. The summed E-state index contributed by atoms with van der Waals surface area (Å²) in [4.78, 5) is 28.9. The maximum absolute atomic E-state index is 12.1. The Balaban J connectivity index is 1.60. The first-order valence-electron chi connectivity index (χ1n) is 6.77. The van der Waals surface area contributed by atoms with Gasteiger partial charge in [0.2, 0.25) is 0 Å². The lowest BCUT2D eigenvalue weighted by molar-refractivity contribution is -0.142. The van der Waals surface area contributed by atoms with Crippen LogP contribution >= 0.6 is 0 Å². The number of hydrogen-bond donors (Lipinski definition) is 1. The van der Waals surface area contributed by atoms with E-state index in [2.05, 4.69) is 4.98 Å². The molecule has 3 aliphatic rings. The molecule has 7 nitrogen and oxygen atoms in total. The van der Waals surface area contributed by atoms with Gasteiger partial charge in [-0.25, -0.2) is 9.78 Å². The van der Waals surface area contributed by atoms with Crippen LogP contribution in [0.3, 0.4) is 0 Å². The van der Waals surface area contributed by atoms with Crippen molar-refractivity contribution in [1.29, 1.82) is 0 Å². The Morgan fingerprint density at radius 2 is 2.38 bits per heavy atom. The highest BCUT2D eigenvalue weighted by Crippen LogP contribution is 2.38. The van der Waals surface area contributed by atoms with Gasteiger partial charge in [-0.1, -0.05) is 6.08 Å². The molecule has 3 aliphatic heterocycles. The van der Waals surface area contributed by atoms with Crippen molar-refractivity contribution in [2.75, 3.05) is 6.61 Å². The third-order valence-corrected chi connectivity index (χ3v) is 4.04. The van der Waals surface area contributed by atoms with E-state index >= 15 is 0 Å². The maximum Gasteiger partial charge on any atom is 0.352 e. The zero-order valence-corrected chi connectivity index (χ0v) is 11.2. The Hall–Kier alpha value is -2.41. The van der Waals surface area contributed by atoms with E-state index in [9.17, 15) is 9.59 Å². The monoisotopic (exact) mass is 287 g/mol. The molecule has 1 saturated heterocycles. The molecule has 7 heteroatoms. The molecule has 108 valence electrons. The lowest BCUT2D eigenvalue weighted by Gasteiger charge is -2.38. The third kappa shape index (κ3) is 1.74. The summed E-state index contributed by atoms with van der Waals surface area (Å²) in [6, 6.07) is -0.154. The Morgan fingerprint density at radius 1 is 1.52 bits per heavy atom. The number of carbonyl (C=O) groups excluding carboxylic acids is 1. The van der Waals surface area contributed by atoms with E-state index in [1.54, 1.807) is 12.2 Å². The fourth-order valence-corrected chi connectivity index (χ4v) is 3.02. The summed E-state index contributed by atoms with van der Waals surface area (Å²) in [5.41, 5.74) is 1.43. The second kappa shape index (κ2) is 4.29. The second-order valence-electron chi connectivity index (χ2n) is 5.25. The molecular formula is C14H13N3O4. The van der Waals surface area contributed by atoms with E-state index in [1.165, 1.54) is 4.90 Å². The van der Waals surface area contributed by atoms with Gasteiger partial charge < -0.3 is 14.4 Å². The number of imidazole rings is 1. The predicted octanol–water partition coefficient (Wildman–Crippen LogP) is 0.380. The minimum Gasteiger partial charge on any atom is -0.477 e. The van der Waals surface area contributed by atoms with Crippen LogP contribution in [0.2, 0.25) is 0 Å². The van der Waals surface area contributed by atoms with Crippen LogP contribution in [0.5, 0.6) is 0 Å². The van der Waals surface area contributed by atoms with Crippen LogP contribution < -0.4 is 0 Å². The van der Waals surface area contributed by atoms with Gasteiger partial charge >= 0.3 is 5.97 Å². The highest BCUT2D eigenvalue weighted by atomic mass is 16.5. The summed E-state index contributed by atoms with van der Waals surface area (Å²) in [6.45, 7) is 1.91. The maximum atomic E-state index is 12.1. The number of β-lactam (4-membered cyclic amide) rings is 1.